The highest BCUT2D eigenvalue weighted by atomic mass is 16.1. The van der Waals surface area contributed by atoms with E-state index in [0.717, 1.165) is 6.42 Å². The number of nitrogens with two attached hydrogens (primary N) is 1. The van der Waals surface area contributed by atoms with Crippen LogP contribution >= 0.6 is 0 Å². The van der Waals surface area contributed by atoms with E-state index >= 15 is 0 Å². The van der Waals surface area contributed by atoms with Crippen molar-refractivity contribution in [3.05, 3.63) is 53.0 Å². The molecule has 0 aliphatic carbocycles. The zero-order valence-electron chi connectivity index (χ0n) is 11.7. The lowest BCUT2D eigenvalue weighted by Gasteiger charge is -2.07. The minimum absolute atomic E-state index is 0.149. The summed E-state index contributed by atoms with van der Waals surface area (Å²) in [5, 5.41) is 2.81. The Morgan fingerprint density at radius 3 is 2.45 bits per heavy atom. The molecule has 0 saturated carbocycles. The Kier molecular flexibility index (Phi) is 4.30. The van der Waals surface area contributed by atoms with Gasteiger partial charge in [-0.2, -0.15) is 0 Å². The van der Waals surface area contributed by atoms with Crippen LogP contribution in [0.25, 0.3) is 0 Å². The van der Waals surface area contributed by atoms with Gasteiger partial charge in [-0.15, -0.1) is 0 Å². The molecule has 0 spiro atoms. The maximum atomic E-state index is 11.9. The molecule has 0 bridgehead atoms. The molecule has 2 aromatic rings. The molecule has 1 amide bonds. The maximum Gasteiger partial charge on any atom is 0.273 e. The molecular weight excluding hydrogens is 252 g/mol. The number of amides is 1. The van der Waals surface area contributed by atoms with Crippen LogP contribution in [-0.2, 0) is 6.42 Å². The van der Waals surface area contributed by atoms with Crippen molar-refractivity contribution in [3.8, 4) is 0 Å². The van der Waals surface area contributed by atoms with Gasteiger partial charge in [0.05, 0.1) is 0 Å². The molecule has 1 heterocycles. The van der Waals surface area contributed by atoms with Gasteiger partial charge < -0.3 is 11.1 Å². The van der Waals surface area contributed by atoms with Gasteiger partial charge in [0.2, 0.25) is 0 Å². The average molecular weight is 270 g/mol. The minimum atomic E-state index is -0.292. The lowest BCUT2D eigenvalue weighted by Crippen LogP contribution is -2.27. The molecule has 0 atom stereocenters. The Morgan fingerprint density at radius 2 is 1.80 bits per heavy atom. The maximum absolute atomic E-state index is 11.9. The predicted molar refractivity (Wildman–Crippen MR) is 78.4 cm³/mol. The van der Waals surface area contributed by atoms with Gasteiger partial charge in [0.25, 0.3) is 5.91 Å². The van der Waals surface area contributed by atoms with E-state index in [2.05, 4.69) is 47.3 Å². The third-order valence-electron chi connectivity index (χ3n) is 2.92. The van der Waals surface area contributed by atoms with Gasteiger partial charge in [-0.3, -0.25) is 4.79 Å². The van der Waals surface area contributed by atoms with E-state index in [4.69, 9.17) is 5.73 Å². The van der Waals surface area contributed by atoms with Crippen LogP contribution in [0.2, 0.25) is 0 Å². The summed E-state index contributed by atoms with van der Waals surface area (Å²) >= 11 is 0. The number of carbonyl (C=O) groups is 1. The van der Waals surface area contributed by atoms with E-state index in [1.165, 1.54) is 29.1 Å². The van der Waals surface area contributed by atoms with Crippen molar-refractivity contribution < 1.29 is 4.79 Å². The van der Waals surface area contributed by atoms with Crippen LogP contribution in [0.3, 0.4) is 0 Å². The molecule has 5 nitrogen and oxygen atoms in total. The zero-order valence-corrected chi connectivity index (χ0v) is 11.7. The van der Waals surface area contributed by atoms with Crippen molar-refractivity contribution in [2.75, 3.05) is 12.3 Å². The summed E-state index contributed by atoms with van der Waals surface area (Å²) in [5.74, 6) is -0.142. The van der Waals surface area contributed by atoms with Gasteiger partial charge in [0, 0.05) is 18.9 Å². The number of benzene rings is 1. The Labute approximate surface area is 118 Å². The van der Waals surface area contributed by atoms with Crippen LogP contribution in [0.1, 0.15) is 27.2 Å². The second-order valence-electron chi connectivity index (χ2n) is 4.79. The van der Waals surface area contributed by atoms with E-state index in [-0.39, 0.29) is 17.4 Å². The number of nitrogens with zero attached hydrogens (tertiary/aromatic N) is 2. The highest BCUT2D eigenvalue weighted by Crippen LogP contribution is 2.09. The fraction of sp³-hybridized carbons (Fsp3) is 0.267. The highest BCUT2D eigenvalue weighted by Gasteiger charge is 2.10. The Bertz CT molecular complexity index is 605. The number of aryl methyl sites for hydroxylation is 2. The first-order valence-corrected chi connectivity index (χ1v) is 6.48. The first-order valence-electron chi connectivity index (χ1n) is 6.48. The third kappa shape index (κ3) is 3.54. The summed E-state index contributed by atoms with van der Waals surface area (Å²) in [5.41, 5.74) is 9.44. The second kappa shape index (κ2) is 6.14. The molecule has 0 aliphatic rings. The van der Waals surface area contributed by atoms with Crippen LogP contribution in [0, 0.1) is 13.8 Å². The molecule has 0 radical (unpaired) electrons. The number of hydrogen-bond donors (Lipinski definition) is 2. The molecule has 1 aromatic heterocycles. The van der Waals surface area contributed by atoms with Gasteiger partial charge in [-0.25, -0.2) is 9.97 Å². The lowest BCUT2D eigenvalue weighted by atomic mass is 10.1. The summed E-state index contributed by atoms with van der Waals surface area (Å²) in [4.78, 5) is 19.7. The summed E-state index contributed by atoms with van der Waals surface area (Å²) in [6.45, 7) is 4.67. The van der Waals surface area contributed by atoms with Crippen molar-refractivity contribution in [1.29, 1.82) is 0 Å². The molecule has 0 saturated heterocycles. The van der Waals surface area contributed by atoms with Crippen LogP contribution in [-0.4, -0.2) is 22.4 Å². The van der Waals surface area contributed by atoms with Gasteiger partial charge in [0.15, 0.2) is 11.5 Å². The second-order valence-corrected chi connectivity index (χ2v) is 4.79. The van der Waals surface area contributed by atoms with Crippen molar-refractivity contribution in [3.63, 3.8) is 0 Å². The largest absolute Gasteiger partial charge is 0.382 e. The molecule has 1 aromatic carbocycles. The monoisotopic (exact) mass is 270 g/mol. The molecule has 20 heavy (non-hydrogen) atoms. The summed E-state index contributed by atoms with van der Waals surface area (Å²) in [6.07, 6.45) is 3.69. The highest BCUT2D eigenvalue weighted by molar-refractivity contribution is 5.96. The van der Waals surface area contributed by atoms with E-state index in [9.17, 15) is 4.79 Å². The van der Waals surface area contributed by atoms with Crippen molar-refractivity contribution in [1.82, 2.24) is 15.3 Å². The minimum Gasteiger partial charge on any atom is -0.382 e. The molecule has 3 N–H and O–H groups in total. The molecule has 0 fully saturated rings. The predicted octanol–water partition coefficient (Wildman–Crippen LogP) is 1.65. The number of anilines is 1. The van der Waals surface area contributed by atoms with Crippen molar-refractivity contribution in [2.45, 2.75) is 20.3 Å². The first kappa shape index (κ1) is 14.0. The van der Waals surface area contributed by atoms with E-state index < -0.39 is 0 Å². The average Bonchev–Trinajstić information content (AvgIpc) is 2.38. The van der Waals surface area contributed by atoms with Crippen molar-refractivity contribution in [2.24, 2.45) is 0 Å². The molecule has 104 valence electrons. The first-order chi connectivity index (χ1) is 9.56. The van der Waals surface area contributed by atoms with Gasteiger partial charge in [-0.05, 0) is 25.8 Å². The fourth-order valence-electron chi connectivity index (χ4n) is 2.14. The summed E-state index contributed by atoms with van der Waals surface area (Å²) in [7, 11) is 0. The van der Waals surface area contributed by atoms with Gasteiger partial charge in [-0.1, -0.05) is 29.3 Å². The van der Waals surface area contributed by atoms with Gasteiger partial charge >= 0.3 is 0 Å². The smallest absolute Gasteiger partial charge is 0.273 e. The summed E-state index contributed by atoms with van der Waals surface area (Å²) in [6, 6.07) is 6.37. The fourth-order valence-corrected chi connectivity index (χ4v) is 2.14. The molecule has 5 heteroatoms. The Morgan fingerprint density at radius 1 is 1.15 bits per heavy atom. The normalized spacial score (nSPS) is 10.3. The van der Waals surface area contributed by atoms with E-state index in [1.807, 2.05) is 0 Å². The zero-order chi connectivity index (χ0) is 14.5. The van der Waals surface area contributed by atoms with E-state index in [1.54, 1.807) is 0 Å². The standard InChI is InChI=1S/C15H18N4O/c1-10-7-11(2)9-12(8-10)3-4-19-15(20)13-14(16)18-6-5-17-13/h5-9H,3-4H2,1-2H3,(H2,16,18)(H,19,20). The number of aromatic nitrogens is 2. The molecule has 0 aliphatic heterocycles. The number of rotatable bonds is 4. The molecular formula is C15H18N4O. The quantitative estimate of drug-likeness (QED) is 0.885. The van der Waals surface area contributed by atoms with Crippen LogP contribution < -0.4 is 11.1 Å². The number of carbonyl (C=O) groups excluding carboxylic acids is 1. The Hall–Kier alpha value is -2.43. The number of nitrogen functional groups attached to an aromatic ring is 1. The number of nitrogens with one attached hydrogen (secondary N) is 1. The topological polar surface area (TPSA) is 80.9 Å². The lowest BCUT2D eigenvalue weighted by molar-refractivity contribution is 0.0950. The van der Waals surface area contributed by atoms with Crippen LogP contribution in [0.4, 0.5) is 5.82 Å². The van der Waals surface area contributed by atoms with E-state index in [0.29, 0.717) is 6.54 Å². The van der Waals surface area contributed by atoms with Crippen molar-refractivity contribution >= 4 is 11.7 Å². The molecule has 2 rings (SSSR count). The number of hydrogen-bond acceptors (Lipinski definition) is 4. The third-order valence-corrected chi connectivity index (χ3v) is 2.92. The molecule has 0 unspecified atom stereocenters. The van der Waals surface area contributed by atoms with Crippen LogP contribution in [0.5, 0.6) is 0 Å². The summed E-state index contributed by atoms with van der Waals surface area (Å²) < 4.78 is 0. The SMILES string of the molecule is Cc1cc(C)cc(CCNC(=O)c2nccnc2N)c1. The van der Waals surface area contributed by atoms with Gasteiger partial charge in [0.1, 0.15) is 0 Å². The Balaban J connectivity index is 1.93. The van der Waals surface area contributed by atoms with Crippen LogP contribution in [0.15, 0.2) is 30.6 Å².